The Hall–Kier alpha value is -2.09. The van der Waals surface area contributed by atoms with Gasteiger partial charge in [0.05, 0.1) is 0 Å². The fourth-order valence-corrected chi connectivity index (χ4v) is 3.84. The zero-order chi connectivity index (χ0) is 18.4. The fourth-order valence-electron chi connectivity index (χ4n) is 3.84. The van der Waals surface area contributed by atoms with Crippen LogP contribution in [0, 0.1) is 0 Å². The van der Waals surface area contributed by atoms with Crippen molar-refractivity contribution in [2.45, 2.75) is 58.3 Å². The molecule has 1 atom stereocenters. The molecule has 0 amide bonds. The number of fused-ring (bicyclic) bond motifs is 3. The van der Waals surface area contributed by atoms with E-state index in [-0.39, 0.29) is 16.7 Å². The third kappa shape index (κ3) is 3.10. The highest BCUT2D eigenvalue weighted by Crippen LogP contribution is 2.49. The molecule has 2 nitrogen and oxygen atoms in total. The van der Waals surface area contributed by atoms with Crippen LogP contribution < -0.4 is 0 Å². The molecule has 0 saturated carbocycles. The lowest BCUT2D eigenvalue weighted by molar-refractivity contribution is 0.267. The van der Waals surface area contributed by atoms with Crippen molar-refractivity contribution in [1.29, 1.82) is 0 Å². The predicted octanol–water partition coefficient (Wildman–Crippen LogP) is 5.48. The fraction of sp³-hybridized carbons (Fsp3) is 0.435. The molecule has 2 aromatic rings. The molecule has 0 N–H and O–H groups in total. The van der Waals surface area contributed by atoms with Crippen molar-refractivity contribution in [3.8, 4) is 11.1 Å². The molecule has 0 heterocycles. The van der Waals surface area contributed by atoms with E-state index < -0.39 is 0 Å². The second-order valence-corrected chi connectivity index (χ2v) is 9.02. The summed E-state index contributed by atoms with van der Waals surface area (Å²) in [5.74, 6) is 0.0733. The van der Waals surface area contributed by atoms with Crippen molar-refractivity contribution >= 4 is 6.47 Å². The van der Waals surface area contributed by atoms with Crippen LogP contribution in [0.25, 0.3) is 11.1 Å². The van der Waals surface area contributed by atoms with E-state index in [0.717, 1.165) is 0 Å². The molecule has 0 aromatic heterocycles. The lowest BCUT2D eigenvalue weighted by atomic mass is 9.79. The first kappa shape index (κ1) is 17.7. The lowest BCUT2D eigenvalue weighted by Crippen LogP contribution is -2.18. The third-order valence-corrected chi connectivity index (χ3v) is 5.15. The minimum Gasteiger partial charge on any atom is -0.456 e. The topological polar surface area (TPSA) is 26.3 Å². The van der Waals surface area contributed by atoms with Gasteiger partial charge in [-0.05, 0) is 44.2 Å². The number of rotatable bonds is 3. The molecule has 0 saturated heterocycles. The number of benzene rings is 2. The van der Waals surface area contributed by atoms with Crippen LogP contribution in [0.3, 0.4) is 0 Å². The van der Waals surface area contributed by atoms with Gasteiger partial charge in [-0.2, -0.15) is 0 Å². The van der Waals surface area contributed by atoms with Crippen molar-refractivity contribution in [2.75, 3.05) is 6.61 Å². The first-order valence-electron chi connectivity index (χ1n) is 8.91. The number of carbonyl (C=O) groups excluding carboxylic acids is 1. The molecular weight excluding hydrogens is 308 g/mol. The summed E-state index contributed by atoms with van der Waals surface area (Å²) >= 11 is 0. The van der Waals surface area contributed by atoms with Gasteiger partial charge in [0.1, 0.15) is 6.61 Å². The first-order valence-corrected chi connectivity index (χ1v) is 8.91. The van der Waals surface area contributed by atoms with Crippen molar-refractivity contribution in [1.82, 2.24) is 0 Å². The van der Waals surface area contributed by atoms with Crippen LogP contribution in [0.1, 0.15) is 69.7 Å². The third-order valence-electron chi connectivity index (χ3n) is 5.15. The Bertz CT molecular complexity index is 804. The molecule has 0 spiro atoms. The van der Waals surface area contributed by atoms with Crippen LogP contribution in [0.2, 0.25) is 0 Å². The van der Waals surface area contributed by atoms with E-state index >= 15 is 0 Å². The summed E-state index contributed by atoms with van der Waals surface area (Å²) in [6, 6.07) is 13.3. The molecule has 2 aromatic carbocycles. The molecular formula is C23H27O2. The second kappa shape index (κ2) is 6.01. The zero-order valence-electron chi connectivity index (χ0n) is 16.1. The SMILES string of the molecule is CC(C)(C)c1ccc2c(c1)C(CO[C]=O)c1c-2cccc1C(C)(C)C. The summed E-state index contributed by atoms with van der Waals surface area (Å²) in [6.07, 6.45) is 0. The molecule has 0 fully saturated rings. The average Bonchev–Trinajstić information content (AvgIpc) is 2.84. The predicted molar refractivity (Wildman–Crippen MR) is 103 cm³/mol. The molecule has 1 radical (unpaired) electrons. The largest absolute Gasteiger partial charge is 0.456 e. The van der Waals surface area contributed by atoms with Gasteiger partial charge in [-0.3, -0.25) is 0 Å². The maximum absolute atomic E-state index is 10.7. The Morgan fingerprint density at radius 1 is 0.960 bits per heavy atom. The molecule has 3 rings (SSSR count). The van der Waals surface area contributed by atoms with Gasteiger partial charge >= 0.3 is 6.47 Å². The van der Waals surface area contributed by atoms with Gasteiger partial charge in [-0.1, -0.05) is 77.9 Å². The van der Waals surface area contributed by atoms with E-state index in [1.54, 1.807) is 6.47 Å². The summed E-state index contributed by atoms with van der Waals surface area (Å²) < 4.78 is 5.12. The molecule has 25 heavy (non-hydrogen) atoms. The van der Waals surface area contributed by atoms with Crippen LogP contribution >= 0.6 is 0 Å². The highest BCUT2D eigenvalue weighted by atomic mass is 16.5. The van der Waals surface area contributed by atoms with E-state index in [1.165, 1.54) is 33.4 Å². The van der Waals surface area contributed by atoms with Crippen molar-refractivity contribution in [3.05, 3.63) is 58.7 Å². The van der Waals surface area contributed by atoms with Gasteiger partial charge in [0.15, 0.2) is 0 Å². The minimum absolute atomic E-state index is 0.0311. The van der Waals surface area contributed by atoms with Crippen LogP contribution in [-0.2, 0) is 20.4 Å². The molecule has 1 aliphatic rings. The van der Waals surface area contributed by atoms with E-state index in [2.05, 4.69) is 77.9 Å². The molecule has 131 valence electrons. The Kier molecular flexibility index (Phi) is 4.26. The molecule has 0 bridgehead atoms. The molecule has 1 unspecified atom stereocenters. The van der Waals surface area contributed by atoms with Crippen LogP contribution in [0.15, 0.2) is 36.4 Å². The molecule has 0 aliphatic heterocycles. The molecule has 2 heteroatoms. The van der Waals surface area contributed by atoms with Crippen molar-refractivity contribution < 1.29 is 9.53 Å². The van der Waals surface area contributed by atoms with Crippen molar-refractivity contribution in [2.24, 2.45) is 0 Å². The molecule has 1 aliphatic carbocycles. The van der Waals surface area contributed by atoms with Gasteiger partial charge in [0, 0.05) is 5.92 Å². The average molecular weight is 335 g/mol. The maximum Gasteiger partial charge on any atom is 0.417 e. The van der Waals surface area contributed by atoms with Crippen molar-refractivity contribution in [3.63, 3.8) is 0 Å². The quantitative estimate of drug-likeness (QED) is 0.742. The van der Waals surface area contributed by atoms with Gasteiger partial charge in [0.25, 0.3) is 0 Å². The first-order chi connectivity index (χ1) is 11.6. The van der Waals surface area contributed by atoms with Crippen LogP contribution in [0.5, 0.6) is 0 Å². The second-order valence-electron chi connectivity index (χ2n) is 9.02. The number of hydrogen-bond donors (Lipinski definition) is 0. The monoisotopic (exact) mass is 335 g/mol. The van der Waals surface area contributed by atoms with Gasteiger partial charge in [-0.25, -0.2) is 4.79 Å². The Morgan fingerprint density at radius 3 is 2.28 bits per heavy atom. The van der Waals surface area contributed by atoms with Gasteiger partial charge in [0.2, 0.25) is 0 Å². The van der Waals surface area contributed by atoms with Crippen LogP contribution in [0.4, 0.5) is 0 Å². The summed E-state index contributed by atoms with van der Waals surface area (Å²) in [5.41, 5.74) is 7.81. The van der Waals surface area contributed by atoms with E-state index in [9.17, 15) is 4.79 Å². The van der Waals surface area contributed by atoms with E-state index in [0.29, 0.717) is 6.61 Å². The number of hydrogen-bond acceptors (Lipinski definition) is 2. The Morgan fingerprint density at radius 2 is 1.68 bits per heavy atom. The minimum atomic E-state index is 0.0311. The van der Waals surface area contributed by atoms with Gasteiger partial charge < -0.3 is 4.74 Å². The normalized spacial score (nSPS) is 16.3. The van der Waals surface area contributed by atoms with E-state index in [1.807, 2.05) is 0 Å². The standard InChI is InChI=1S/C23H27O2/c1-22(2,3)15-10-11-16-17-8-7-9-20(23(4,5)6)21(17)19(13-25-14-24)18(16)12-15/h7-12,19H,13H2,1-6H3. The summed E-state index contributed by atoms with van der Waals surface area (Å²) in [6.45, 7) is 15.3. The summed E-state index contributed by atoms with van der Waals surface area (Å²) in [5, 5.41) is 0. The Labute approximate surface area is 151 Å². The zero-order valence-corrected chi connectivity index (χ0v) is 16.1. The highest BCUT2D eigenvalue weighted by Gasteiger charge is 2.35. The summed E-state index contributed by atoms with van der Waals surface area (Å²) in [7, 11) is 0. The van der Waals surface area contributed by atoms with Gasteiger partial charge in [-0.15, -0.1) is 0 Å². The summed E-state index contributed by atoms with van der Waals surface area (Å²) in [4.78, 5) is 10.7. The maximum atomic E-state index is 10.7. The highest BCUT2D eigenvalue weighted by molar-refractivity contribution is 5.81. The Balaban J connectivity index is 2.23. The number of ether oxygens (including phenoxy) is 1. The lowest BCUT2D eigenvalue weighted by Gasteiger charge is -2.26. The van der Waals surface area contributed by atoms with Crippen LogP contribution in [-0.4, -0.2) is 13.1 Å². The smallest absolute Gasteiger partial charge is 0.417 e. The van der Waals surface area contributed by atoms with E-state index in [4.69, 9.17) is 4.74 Å².